The van der Waals surface area contributed by atoms with E-state index in [1.165, 1.54) is 4.31 Å². The number of nitrogens with zero attached hydrogens (tertiary/aromatic N) is 1. The van der Waals surface area contributed by atoms with E-state index in [1.807, 2.05) is 0 Å². The van der Waals surface area contributed by atoms with Crippen LogP contribution in [-0.4, -0.2) is 62.5 Å². The van der Waals surface area contributed by atoms with Crippen LogP contribution in [0.25, 0.3) is 0 Å². The third kappa shape index (κ3) is 7.14. The van der Waals surface area contributed by atoms with Crippen LogP contribution in [0.15, 0.2) is 0 Å². The smallest absolute Gasteiger partial charge is 0.382 e. The number of aliphatic hydroxyl groups excluding tert-OH is 1. The Hall–Kier alpha value is -0.380. The zero-order valence-electron chi connectivity index (χ0n) is 10.4. The van der Waals surface area contributed by atoms with E-state index < -0.39 is 28.8 Å². The molecule has 0 aromatic carbocycles. The highest BCUT2D eigenvalue weighted by Gasteiger charge is 2.37. The molecule has 0 radical (unpaired) electrons. The molecule has 0 aliphatic rings. The molecule has 1 unspecified atom stereocenters. The standard InChI is InChI=1S/C9H19F3N2O3S/c1-3-14(18(2,16)17)6-4-5-13-7-8(15)9(10,11)12/h8,13,15H,3-7H2,1-2H3. The first-order valence-corrected chi connectivity index (χ1v) is 7.34. The molecule has 110 valence electrons. The van der Waals surface area contributed by atoms with Gasteiger partial charge in [0.25, 0.3) is 0 Å². The number of halogens is 3. The van der Waals surface area contributed by atoms with E-state index in [-0.39, 0.29) is 13.1 Å². The molecule has 0 amide bonds. The Morgan fingerprint density at radius 3 is 2.33 bits per heavy atom. The van der Waals surface area contributed by atoms with Crippen LogP contribution in [0.2, 0.25) is 0 Å². The van der Waals surface area contributed by atoms with Crippen LogP contribution in [0, 0.1) is 0 Å². The van der Waals surface area contributed by atoms with E-state index >= 15 is 0 Å². The van der Waals surface area contributed by atoms with Gasteiger partial charge in [-0.05, 0) is 13.0 Å². The van der Waals surface area contributed by atoms with Crippen molar-refractivity contribution >= 4 is 10.0 Å². The average Bonchev–Trinajstić information content (AvgIpc) is 2.19. The molecule has 2 N–H and O–H groups in total. The minimum atomic E-state index is -4.63. The highest BCUT2D eigenvalue weighted by Crippen LogP contribution is 2.19. The number of hydrogen-bond donors (Lipinski definition) is 2. The summed E-state index contributed by atoms with van der Waals surface area (Å²) < 4.78 is 59.4. The van der Waals surface area contributed by atoms with E-state index in [9.17, 15) is 21.6 Å². The highest BCUT2D eigenvalue weighted by atomic mass is 32.2. The summed E-state index contributed by atoms with van der Waals surface area (Å²) in [6.45, 7) is 1.87. The molecule has 0 saturated heterocycles. The summed E-state index contributed by atoms with van der Waals surface area (Å²) in [5.41, 5.74) is 0. The molecule has 1 atom stereocenters. The van der Waals surface area contributed by atoms with E-state index in [0.29, 0.717) is 13.0 Å². The van der Waals surface area contributed by atoms with Crippen molar-refractivity contribution < 1.29 is 26.7 Å². The Bertz CT molecular complexity index is 332. The third-order valence-corrected chi connectivity index (χ3v) is 3.68. The molecule has 0 saturated carbocycles. The molecule has 18 heavy (non-hydrogen) atoms. The molecular weight excluding hydrogens is 273 g/mol. The van der Waals surface area contributed by atoms with Crippen LogP contribution in [0.4, 0.5) is 13.2 Å². The molecule has 5 nitrogen and oxygen atoms in total. The second-order valence-corrected chi connectivity index (χ2v) is 5.85. The fourth-order valence-electron chi connectivity index (χ4n) is 1.29. The lowest BCUT2D eigenvalue weighted by Crippen LogP contribution is -2.39. The van der Waals surface area contributed by atoms with Crippen LogP contribution < -0.4 is 5.32 Å². The first kappa shape index (κ1) is 17.6. The van der Waals surface area contributed by atoms with Gasteiger partial charge >= 0.3 is 6.18 Å². The monoisotopic (exact) mass is 292 g/mol. The van der Waals surface area contributed by atoms with Gasteiger partial charge in [0, 0.05) is 19.6 Å². The minimum absolute atomic E-state index is 0.208. The van der Waals surface area contributed by atoms with Crippen LogP contribution in [0.1, 0.15) is 13.3 Å². The molecule has 0 bridgehead atoms. The average molecular weight is 292 g/mol. The van der Waals surface area contributed by atoms with Gasteiger partial charge in [-0.25, -0.2) is 12.7 Å². The molecule has 0 aromatic rings. The fourth-order valence-corrected chi connectivity index (χ4v) is 2.22. The van der Waals surface area contributed by atoms with Crippen LogP contribution in [-0.2, 0) is 10.0 Å². The molecular formula is C9H19F3N2O3S. The molecule has 0 aliphatic heterocycles. The molecule has 0 rings (SSSR count). The Labute approximate surface area is 105 Å². The molecule has 9 heteroatoms. The number of hydrogen-bond acceptors (Lipinski definition) is 4. The van der Waals surface area contributed by atoms with Gasteiger partial charge in [-0.2, -0.15) is 13.2 Å². The molecule has 0 fully saturated rings. The van der Waals surface area contributed by atoms with Crippen molar-refractivity contribution in [2.24, 2.45) is 0 Å². The Morgan fingerprint density at radius 2 is 1.94 bits per heavy atom. The van der Waals surface area contributed by atoms with E-state index in [1.54, 1.807) is 6.92 Å². The van der Waals surface area contributed by atoms with Crippen molar-refractivity contribution in [2.45, 2.75) is 25.6 Å². The zero-order valence-corrected chi connectivity index (χ0v) is 11.2. The maximum absolute atomic E-state index is 11.9. The van der Waals surface area contributed by atoms with Crippen molar-refractivity contribution in [1.29, 1.82) is 0 Å². The van der Waals surface area contributed by atoms with Gasteiger partial charge in [-0.3, -0.25) is 0 Å². The van der Waals surface area contributed by atoms with Gasteiger partial charge in [-0.15, -0.1) is 0 Å². The summed E-state index contributed by atoms with van der Waals surface area (Å²) in [6, 6.07) is 0. The largest absolute Gasteiger partial charge is 0.415 e. The first-order valence-electron chi connectivity index (χ1n) is 5.49. The molecule has 0 heterocycles. The number of alkyl halides is 3. The van der Waals surface area contributed by atoms with Crippen molar-refractivity contribution in [3.05, 3.63) is 0 Å². The summed E-state index contributed by atoms with van der Waals surface area (Å²) in [6.07, 6.45) is -5.56. The fraction of sp³-hybridized carbons (Fsp3) is 1.00. The summed E-state index contributed by atoms with van der Waals surface area (Å²) in [5.74, 6) is 0. The number of aliphatic hydroxyl groups is 1. The topological polar surface area (TPSA) is 69.6 Å². The van der Waals surface area contributed by atoms with Gasteiger partial charge in [-0.1, -0.05) is 6.92 Å². The maximum atomic E-state index is 11.9. The van der Waals surface area contributed by atoms with Crippen LogP contribution in [0.3, 0.4) is 0 Å². The number of sulfonamides is 1. The van der Waals surface area contributed by atoms with Gasteiger partial charge in [0.15, 0.2) is 6.10 Å². The van der Waals surface area contributed by atoms with Gasteiger partial charge < -0.3 is 10.4 Å². The first-order chi connectivity index (χ1) is 8.09. The maximum Gasteiger partial charge on any atom is 0.415 e. The minimum Gasteiger partial charge on any atom is -0.382 e. The molecule has 0 aliphatic carbocycles. The van der Waals surface area contributed by atoms with Crippen LogP contribution in [0.5, 0.6) is 0 Å². The second kappa shape index (κ2) is 7.27. The van der Waals surface area contributed by atoms with Gasteiger partial charge in [0.1, 0.15) is 0 Å². The Kier molecular flexibility index (Phi) is 7.11. The lowest BCUT2D eigenvalue weighted by Gasteiger charge is -2.18. The van der Waals surface area contributed by atoms with Gasteiger partial charge in [0.2, 0.25) is 10.0 Å². The molecule has 0 spiro atoms. The van der Waals surface area contributed by atoms with Crippen molar-refractivity contribution in [3.63, 3.8) is 0 Å². The quantitative estimate of drug-likeness (QED) is 0.626. The van der Waals surface area contributed by atoms with E-state index in [0.717, 1.165) is 6.26 Å². The lowest BCUT2D eigenvalue weighted by molar-refractivity contribution is -0.201. The van der Waals surface area contributed by atoms with Crippen LogP contribution >= 0.6 is 0 Å². The summed E-state index contributed by atoms with van der Waals surface area (Å²) in [5, 5.41) is 11.1. The Morgan fingerprint density at radius 1 is 1.39 bits per heavy atom. The predicted molar refractivity (Wildman–Crippen MR) is 61.6 cm³/mol. The zero-order chi connectivity index (χ0) is 14.4. The van der Waals surface area contributed by atoms with Gasteiger partial charge in [0.05, 0.1) is 6.26 Å². The van der Waals surface area contributed by atoms with E-state index in [4.69, 9.17) is 5.11 Å². The normalized spacial score (nSPS) is 15.1. The lowest BCUT2D eigenvalue weighted by atomic mass is 10.3. The summed E-state index contributed by atoms with van der Waals surface area (Å²) in [7, 11) is -3.27. The summed E-state index contributed by atoms with van der Waals surface area (Å²) >= 11 is 0. The predicted octanol–water partition coefficient (Wildman–Crippen LogP) is 0.171. The number of rotatable bonds is 8. The number of nitrogens with one attached hydrogen (secondary N) is 1. The second-order valence-electron chi connectivity index (χ2n) is 3.87. The van der Waals surface area contributed by atoms with E-state index in [2.05, 4.69) is 5.32 Å². The van der Waals surface area contributed by atoms with Crippen molar-refractivity contribution in [1.82, 2.24) is 9.62 Å². The Balaban J connectivity index is 3.81. The summed E-state index contributed by atoms with van der Waals surface area (Å²) in [4.78, 5) is 0. The molecule has 0 aromatic heterocycles. The van der Waals surface area contributed by atoms with Crippen molar-refractivity contribution in [3.8, 4) is 0 Å². The third-order valence-electron chi connectivity index (χ3n) is 2.30. The highest BCUT2D eigenvalue weighted by molar-refractivity contribution is 7.88. The SMILES string of the molecule is CCN(CCCNCC(O)C(F)(F)F)S(C)(=O)=O. The van der Waals surface area contributed by atoms with Crippen molar-refractivity contribution in [2.75, 3.05) is 32.4 Å².